The molecule has 1 aromatic rings. The largest absolute Gasteiger partial charge is 0.352 e. The lowest BCUT2D eigenvalue weighted by Crippen LogP contribution is -2.26. The molecular weight excluding hydrogens is 300 g/mol. The fraction of sp³-hybridized carbons (Fsp3) is 0.417. The topological polar surface area (TPSA) is 72.2 Å². The molecule has 1 amide bonds. The third-order valence-corrected chi connectivity index (χ3v) is 2.95. The van der Waals surface area contributed by atoms with Crippen LogP contribution in [0.5, 0.6) is 0 Å². The van der Waals surface area contributed by atoms with Gasteiger partial charge in [-0.25, -0.2) is 0 Å². The van der Waals surface area contributed by atoms with E-state index in [0.717, 1.165) is 6.42 Å². The van der Waals surface area contributed by atoms with E-state index >= 15 is 0 Å². The van der Waals surface area contributed by atoms with Gasteiger partial charge in [0, 0.05) is 16.9 Å². The van der Waals surface area contributed by atoms with Gasteiger partial charge in [0.1, 0.15) is 5.56 Å². The van der Waals surface area contributed by atoms with E-state index in [4.69, 9.17) is 0 Å². The molecule has 0 bridgehead atoms. The number of benzene rings is 1. The van der Waals surface area contributed by atoms with Crippen molar-refractivity contribution in [3.63, 3.8) is 0 Å². The van der Waals surface area contributed by atoms with Crippen LogP contribution in [-0.2, 0) is 0 Å². The molecule has 98 valence electrons. The van der Waals surface area contributed by atoms with Gasteiger partial charge in [0.25, 0.3) is 11.6 Å². The molecule has 1 atom stereocenters. The van der Waals surface area contributed by atoms with E-state index < -0.39 is 10.8 Å². The number of nitrogens with one attached hydrogen (secondary N) is 1. The van der Waals surface area contributed by atoms with Crippen LogP contribution in [0.4, 0.5) is 5.69 Å². The number of para-hydroxylation sites is 1. The minimum absolute atomic E-state index is 0.113. The van der Waals surface area contributed by atoms with Gasteiger partial charge in [0.15, 0.2) is 0 Å². The highest BCUT2D eigenvalue weighted by molar-refractivity contribution is 9.09. The number of nitro benzene ring substituents is 1. The molecule has 0 aliphatic heterocycles. The van der Waals surface area contributed by atoms with Gasteiger partial charge in [0.2, 0.25) is 0 Å². The lowest BCUT2D eigenvalue weighted by atomic mass is 10.1. The molecule has 0 fully saturated rings. The molecule has 1 unspecified atom stereocenters. The van der Waals surface area contributed by atoms with Crippen LogP contribution in [0.1, 0.15) is 29.3 Å². The Bertz CT molecular complexity index is 461. The van der Waals surface area contributed by atoms with Crippen LogP contribution in [0.15, 0.2) is 18.2 Å². The molecule has 0 aliphatic carbocycles. The maximum atomic E-state index is 11.9. The summed E-state index contributed by atoms with van der Waals surface area (Å²) in [6.07, 6.45) is 0.769. The van der Waals surface area contributed by atoms with Gasteiger partial charge in [0.05, 0.1) is 4.92 Å². The number of alkyl halides is 1. The Hall–Kier alpha value is -1.43. The van der Waals surface area contributed by atoms with Crippen molar-refractivity contribution in [3.8, 4) is 0 Å². The average Bonchev–Trinajstić information content (AvgIpc) is 2.27. The lowest BCUT2D eigenvalue weighted by molar-refractivity contribution is -0.385. The van der Waals surface area contributed by atoms with Crippen molar-refractivity contribution in [2.75, 3.05) is 6.54 Å². The monoisotopic (exact) mass is 314 g/mol. The van der Waals surface area contributed by atoms with Gasteiger partial charge in [-0.15, -0.1) is 0 Å². The van der Waals surface area contributed by atoms with Gasteiger partial charge in [-0.1, -0.05) is 35.0 Å². The Balaban J connectivity index is 2.86. The molecule has 6 heteroatoms. The predicted molar refractivity (Wildman–Crippen MR) is 73.2 cm³/mol. The van der Waals surface area contributed by atoms with Crippen molar-refractivity contribution in [3.05, 3.63) is 39.4 Å². The minimum Gasteiger partial charge on any atom is -0.352 e. The van der Waals surface area contributed by atoms with E-state index in [1.165, 1.54) is 6.07 Å². The Kier molecular flexibility index (Phi) is 5.27. The van der Waals surface area contributed by atoms with Crippen LogP contribution >= 0.6 is 15.9 Å². The molecule has 5 nitrogen and oxygen atoms in total. The molecule has 1 aromatic carbocycles. The van der Waals surface area contributed by atoms with Crippen LogP contribution in [0.3, 0.4) is 0 Å². The van der Waals surface area contributed by atoms with Crippen molar-refractivity contribution in [2.45, 2.75) is 25.1 Å². The van der Waals surface area contributed by atoms with E-state index in [0.29, 0.717) is 16.9 Å². The van der Waals surface area contributed by atoms with Crippen molar-refractivity contribution in [1.29, 1.82) is 0 Å². The summed E-state index contributed by atoms with van der Waals surface area (Å²) in [5.41, 5.74) is 0.477. The van der Waals surface area contributed by atoms with Gasteiger partial charge in [-0.2, -0.15) is 0 Å². The van der Waals surface area contributed by atoms with E-state index in [2.05, 4.69) is 21.2 Å². The van der Waals surface area contributed by atoms with E-state index in [9.17, 15) is 14.9 Å². The first-order chi connectivity index (χ1) is 8.43. The zero-order chi connectivity index (χ0) is 13.7. The summed E-state index contributed by atoms with van der Waals surface area (Å²) in [5.74, 6) is -0.404. The first-order valence-electron chi connectivity index (χ1n) is 5.59. The molecule has 0 aromatic heterocycles. The normalized spacial score (nSPS) is 11.9. The highest BCUT2D eigenvalue weighted by Crippen LogP contribution is 2.22. The van der Waals surface area contributed by atoms with Gasteiger partial charge < -0.3 is 5.32 Å². The van der Waals surface area contributed by atoms with Crippen molar-refractivity contribution in [1.82, 2.24) is 5.32 Å². The van der Waals surface area contributed by atoms with Gasteiger partial charge in [-0.3, -0.25) is 14.9 Å². The number of nitrogens with zero attached hydrogens (tertiary/aromatic N) is 1. The molecule has 18 heavy (non-hydrogen) atoms. The lowest BCUT2D eigenvalue weighted by Gasteiger charge is -2.07. The number of rotatable bonds is 5. The smallest absolute Gasteiger partial charge is 0.285 e. The summed E-state index contributed by atoms with van der Waals surface area (Å²) in [6.45, 7) is 4.08. The summed E-state index contributed by atoms with van der Waals surface area (Å²) >= 11 is 3.37. The third kappa shape index (κ3) is 3.80. The first-order valence-corrected chi connectivity index (χ1v) is 6.51. The molecule has 0 radical (unpaired) electrons. The molecule has 0 saturated heterocycles. The van der Waals surface area contributed by atoms with E-state index in [1.807, 2.05) is 6.92 Å². The fourth-order valence-electron chi connectivity index (χ4n) is 1.56. The Labute approximate surface area is 114 Å². The SMILES string of the molecule is Cc1cccc(C(=O)NCCC(C)Br)c1[N+](=O)[O-]. The molecule has 0 aliphatic rings. The number of carbonyl (C=O) groups excluding carboxylic acids is 1. The van der Waals surface area contributed by atoms with Crippen molar-refractivity contribution >= 4 is 27.5 Å². The van der Waals surface area contributed by atoms with Crippen LogP contribution in [-0.4, -0.2) is 22.2 Å². The maximum Gasteiger partial charge on any atom is 0.285 e. The average molecular weight is 315 g/mol. The minimum atomic E-state index is -0.517. The quantitative estimate of drug-likeness (QED) is 0.516. The molecule has 0 spiro atoms. The number of nitro groups is 1. The number of hydrogen-bond acceptors (Lipinski definition) is 3. The summed E-state index contributed by atoms with van der Waals surface area (Å²) in [7, 11) is 0. The number of aryl methyl sites for hydroxylation is 1. The second kappa shape index (κ2) is 6.49. The van der Waals surface area contributed by atoms with E-state index in [-0.39, 0.29) is 11.3 Å². The fourth-order valence-corrected chi connectivity index (χ4v) is 1.79. The summed E-state index contributed by atoms with van der Waals surface area (Å²) in [5, 5.41) is 13.6. The zero-order valence-electron chi connectivity index (χ0n) is 10.3. The molecule has 1 rings (SSSR count). The molecule has 0 saturated carbocycles. The van der Waals surface area contributed by atoms with Gasteiger partial charge in [-0.05, 0) is 19.4 Å². The Morgan fingerprint density at radius 3 is 2.78 bits per heavy atom. The highest BCUT2D eigenvalue weighted by Gasteiger charge is 2.21. The molecule has 1 N–H and O–H groups in total. The second-order valence-electron chi connectivity index (χ2n) is 4.05. The van der Waals surface area contributed by atoms with Crippen molar-refractivity contribution in [2.24, 2.45) is 0 Å². The van der Waals surface area contributed by atoms with Crippen LogP contribution in [0, 0.1) is 17.0 Å². The molecule has 0 heterocycles. The highest BCUT2D eigenvalue weighted by atomic mass is 79.9. The first kappa shape index (κ1) is 14.6. The van der Waals surface area contributed by atoms with Crippen LogP contribution in [0.2, 0.25) is 0 Å². The zero-order valence-corrected chi connectivity index (χ0v) is 11.9. The Morgan fingerprint density at radius 2 is 2.22 bits per heavy atom. The standard InChI is InChI=1S/C12H15BrN2O3/c1-8-4-3-5-10(11(8)15(17)18)12(16)14-7-6-9(2)13/h3-5,9H,6-7H2,1-2H3,(H,14,16). The van der Waals surface area contributed by atoms with E-state index in [1.54, 1.807) is 19.1 Å². The summed E-state index contributed by atoms with van der Waals surface area (Å²) < 4.78 is 0. The predicted octanol–water partition coefficient (Wildman–Crippen LogP) is 2.81. The number of halogens is 1. The number of hydrogen-bond donors (Lipinski definition) is 1. The van der Waals surface area contributed by atoms with Crippen LogP contribution in [0.25, 0.3) is 0 Å². The summed E-state index contributed by atoms with van der Waals surface area (Å²) in [6, 6.07) is 4.73. The maximum absolute atomic E-state index is 11.9. The number of carbonyl (C=O) groups is 1. The second-order valence-corrected chi connectivity index (χ2v) is 5.62. The van der Waals surface area contributed by atoms with Gasteiger partial charge >= 0.3 is 0 Å². The third-order valence-electron chi connectivity index (χ3n) is 2.49. The van der Waals surface area contributed by atoms with Crippen molar-refractivity contribution < 1.29 is 9.72 Å². The number of amides is 1. The molecular formula is C12H15BrN2O3. The Morgan fingerprint density at radius 1 is 1.56 bits per heavy atom. The summed E-state index contributed by atoms with van der Waals surface area (Å²) in [4.78, 5) is 22.6. The van der Waals surface area contributed by atoms with Crippen LogP contribution < -0.4 is 5.32 Å².